The number of halogens is 1. The molecule has 1 aromatic carbocycles. The Morgan fingerprint density at radius 3 is 2.74 bits per heavy atom. The van der Waals surface area contributed by atoms with Crippen LogP contribution in [0.2, 0.25) is 0 Å². The quantitative estimate of drug-likeness (QED) is 0.639. The highest BCUT2D eigenvalue weighted by molar-refractivity contribution is 5.85. The Balaban J connectivity index is 0.00000264. The van der Waals surface area contributed by atoms with E-state index >= 15 is 0 Å². The molecule has 1 fully saturated rings. The number of ether oxygens (including phenoxy) is 2. The lowest BCUT2D eigenvalue weighted by Crippen LogP contribution is -2.30. The predicted octanol–water partition coefficient (Wildman–Crippen LogP) is 1.97. The standard InChI is InChI=1S/C17H28N2O3.ClH/c1-3-8-22-17-13(6-5-7-16(17)21-4-2)9-18-10-14-11-19-12-15(14)20;/h5-7,14-15,18-20H,3-4,8-12H2,1-2H3;1H. The van der Waals surface area contributed by atoms with Crippen LogP contribution < -0.4 is 20.1 Å². The van der Waals surface area contributed by atoms with Gasteiger partial charge in [0.05, 0.1) is 19.3 Å². The minimum atomic E-state index is -0.252. The minimum Gasteiger partial charge on any atom is -0.490 e. The topological polar surface area (TPSA) is 62.8 Å². The summed E-state index contributed by atoms with van der Waals surface area (Å²) in [7, 11) is 0. The number of β-amino-alcohol motifs (C(OH)–C–C–N with tert-alkyl or cyclic N) is 1. The molecule has 0 amide bonds. The van der Waals surface area contributed by atoms with Crippen molar-refractivity contribution < 1.29 is 14.6 Å². The number of benzene rings is 1. The molecule has 5 nitrogen and oxygen atoms in total. The average molecular weight is 345 g/mol. The zero-order valence-electron chi connectivity index (χ0n) is 14.0. The molecule has 6 heteroatoms. The molecule has 0 aliphatic carbocycles. The fourth-order valence-electron chi connectivity index (χ4n) is 2.66. The monoisotopic (exact) mass is 344 g/mol. The van der Waals surface area contributed by atoms with Gasteiger partial charge >= 0.3 is 0 Å². The summed E-state index contributed by atoms with van der Waals surface area (Å²) in [5.41, 5.74) is 1.10. The van der Waals surface area contributed by atoms with Gasteiger partial charge in [0.1, 0.15) is 0 Å². The molecule has 1 aromatic rings. The van der Waals surface area contributed by atoms with Crippen LogP contribution in [0.3, 0.4) is 0 Å². The van der Waals surface area contributed by atoms with Crippen molar-refractivity contribution >= 4 is 12.4 Å². The molecular formula is C17H29ClN2O3. The van der Waals surface area contributed by atoms with Gasteiger partial charge in [-0.15, -0.1) is 12.4 Å². The molecule has 23 heavy (non-hydrogen) atoms. The highest BCUT2D eigenvalue weighted by Crippen LogP contribution is 2.31. The number of aliphatic hydroxyl groups is 1. The first-order valence-corrected chi connectivity index (χ1v) is 8.23. The second-order valence-corrected chi connectivity index (χ2v) is 5.64. The molecule has 0 aromatic heterocycles. The molecule has 2 atom stereocenters. The van der Waals surface area contributed by atoms with E-state index in [1.807, 2.05) is 19.1 Å². The highest BCUT2D eigenvalue weighted by Gasteiger charge is 2.24. The van der Waals surface area contributed by atoms with Crippen LogP contribution in [-0.2, 0) is 6.54 Å². The number of hydrogen-bond donors (Lipinski definition) is 3. The van der Waals surface area contributed by atoms with Gasteiger partial charge in [0.25, 0.3) is 0 Å². The zero-order valence-corrected chi connectivity index (χ0v) is 14.8. The van der Waals surface area contributed by atoms with Crippen molar-refractivity contribution in [3.63, 3.8) is 0 Å². The van der Waals surface area contributed by atoms with Gasteiger partial charge in [0, 0.05) is 37.7 Å². The van der Waals surface area contributed by atoms with Crippen molar-refractivity contribution in [1.82, 2.24) is 10.6 Å². The third-order valence-electron chi connectivity index (χ3n) is 3.84. The molecule has 1 aliphatic rings. The predicted molar refractivity (Wildman–Crippen MR) is 94.7 cm³/mol. The first kappa shape index (κ1) is 20.0. The maximum absolute atomic E-state index is 9.82. The van der Waals surface area contributed by atoms with Gasteiger partial charge in [0.2, 0.25) is 0 Å². The van der Waals surface area contributed by atoms with E-state index in [-0.39, 0.29) is 24.4 Å². The third-order valence-corrected chi connectivity index (χ3v) is 3.84. The molecule has 1 heterocycles. The molecule has 2 unspecified atom stereocenters. The van der Waals surface area contributed by atoms with Gasteiger partial charge in [-0.2, -0.15) is 0 Å². The summed E-state index contributed by atoms with van der Waals surface area (Å²) < 4.78 is 11.6. The van der Waals surface area contributed by atoms with Crippen molar-refractivity contribution in [2.24, 2.45) is 5.92 Å². The highest BCUT2D eigenvalue weighted by atomic mass is 35.5. The largest absolute Gasteiger partial charge is 0.490 e. The number of nitrogens with one attached hydrogen (secondary N) is 2. The van der Waals surface area contributed by atoms with Gasteiger partial charge in [-0.3, -0.25) is 0 Å². The van der Waals surface area contributed by atoms with E-state index < -0.39 is 0 Å². The second kappa shape index (κ2) is 10.7. The number of para-hydroxylation sites is 1. The van der Waals surface area contributed by atoms with Crippen LogP contribution in [0.15, 0.2) is 18.2 Å². The first-order chi connectivity index (χ1) is 10.8. The van der Waals surface area contributed by atoms with E-state index in [0.717, 1.165) is 36.6 Å². The van der Waals surface area contributed by atoms with E-state index in [0.29, 0.717) is 26.3 Å². The van der Waals surface area contributed by atoms with Crippen LogP contribution in [0.1, 0.15) is 25.8 Å². The van der Waals surface area contributed by atoms with E-state index in [1.165, 1.54) is 0 Å². The summed E-state index contributed by atoms with van der Waals surface area (Å²) in [6.07, 6.45) is 0.714. The molecular weight excluding hydrogens is 316 g/mol. The van der Waals surface area contributed by atoms with Crippen LogP contribution in [0, 0.1) is 5.92 Å². The normalized spacial score (nSPS) is 20.1. The molecule has 1 saturated heterocycles. The molecule has 0 radical (unpaired) electrons. The van der Waals surface area contributed by atoms with Crippen molar-refractivity contribution in [2.45, 2.75) is 32.9 Å². The van der Waals surface area contributed by atoms with Crippen LogP contribution in [0.4, 0.5) is 0 Å². The van der Waals surface area contributed by atoms with Crippen LogP contribution in [0.25, 0.3) is 0 Å². The van der Waals surface area contributed by atoms with Crippen LogP contribution >= 0.6 is 12.4 Å². The van der Waals surface area contributed by atoms with E-state index in [2.05, 4.69) is 23.6 Å². The third kappa shape index (κ3) is 5.84. The van der Waals surface area contributed by atoms with Gasteiger partial charge in [-0.25, -0.2) is 0 Å². The van der Waals surface area contributed by atoms with Crippen LogP contribution in [0.5, 0.6) is 11.5 Å². The maximum Gasteiger partial charge on any atom is 0.165 e. The second-order valence-electron chi connectivity index (χ2n) is 5.64. The molecule has 0 bridgehead atoms. The number of aliphatic hydroxyl groups excluding tert-OH is 1. The Hall–Kier alpha value is -1.01. The fourth-order valence-corrected chi connectivity index (χ4v) is 2.66. The molecule has 0 spiro atoms. The number of hydrogen-bond acceptors (Lipinski definition) is 5. The van der Waals surface area contributed by atoms with Gasteiger partial charge < -0.3 is 25.2 Å². The Labute approximate surface area is 145 Å². The molecule has 1 aliphatic heterocycles. The van der Waals surface area contributed by atoms with Crippen molar-refractivity contribution in [1.29, 1.82) is 0 Å². The average Bonchev–Trinajstić information content (AvgIpc) is 2.92. The SMILES string of the molecule is CCCOc1c(CNCC2CNCC2O)cccc1OCC.Cl. The van der Waals surface area contributed by atoms with Crippen molar-refractivity contribution in [2.75, 3.05) is 32.8 Å². The lowest BCUT2D eigenvalue weighted by atomic mass is 10.1. The van der Waals surface area contributed by atoms with Gasteiger partial charge in [-0.1, -0.05) is 19.1 Å². The molecule has 2 rings (SSSR count). The Morgan fingerprint density at radius 1 is 1.26 bits per heavy atom. The summed E-state index contributed by atoms with van der Waals surface area (Å²) >= 11 is 0. The first-order valence-electron chi connectivity index (χ1n) is 8.23. The Bertz CT molecular complexity index is 459. The van der Waals surface area contributed by atoms with E-state index in [1.54, 1.807) is 0 Å². The number of rotatable bonds is 9. The molecule has 0 saturated carbocycles. The smallest absolute Gasteiger partial charge is 0.165 e. The summed E-state index contributed by atoms with van der Waals surface area (Å²) in [6.45, 7) is 8.44. The maximum atomic E-state index is 9.82. The summed E-state index contributed by atoms with van der Waals surface area (Å²) in [5, 5.41) is 16.4. The fraction of sp³-hybridized carbons (Fsp3) is 0.647. The summed E-state index contributed by atoms with van der Waals surface area (Å²) in [4.78, 5) is 0. The minimum absolute atomic E-state index is 0. The van der Waals surface area contributed by atoms with E-state index in [9.17, 15) is 5.11 Å². The van der Waals surface area contributed by atoms with Crippen molar-refractivity contribution in [3.05, 3.63) is 23.8 Å². The van der Waals surface area contributed by atoms with Gasteiger partial charge in [0.15, 0.2) is 11.5 Å². The summed E-state index contributed by atoms with van der Waals surface area (Å²) in [5.74, 6) is 1.91. The van der Waals surface area contributed by atoms with E-state index in [4.69, 9.17) is 9.47 Å². The Morgan fingerprint density at radius 2 is 2.09 bits per heavy atom. The lowest BCUT2D eigenvalue weighted by molar-refractivity contribution is 0.146. The summed E-state index contributed by atoms with van der Waals surface area (Å²) in [6, 6.07) is 6.00. The zero-order chi connectivity index (χ0) is 15.8. The van der Waals surface area contributed by atoms with Gasteiger partial charge in [-0.05, 0) is 19.4 Å². The molecule has 3 N–H and O–H groups in total. The lowest BCUT2D eigenvalue weighted by Gasteiger charge is -2.18. The molecule has 132 valence electrons. The van der Waals surface area contributed by atoms with Crippen molar-refractivity contribution in [3.8, 4) is 11.5 Å². The van der Waals surface area contributed by atoms with Crippen LogP contribution in [-0.4, -0.2) is 44.1 Å². The Kier molecular flexibility index (Phi) is 9.33.